The molecule has 1 aromatic carbocycles. The summed E-state index contributed by atoms with van der Waals surface area (Å²) in [4.78, 5) is 12.5. The number of carbonyl (C=O) groups excluding carboxylic acids is 1. The summed E-state index contributed by atoms with van der Waals surface area (Å²) >= 11 is 2.85. The number of ether oxygens (including phenoxy) is 1. The van der Waals surface area contributed by atoms with E-state index in [9.17, 15) is 4.79 Å². The lowest BCUT2D eigenvalue weighted by atomic mass is 9.90. The molecule has 0 unspecified atom stereocenters. The van der Waals surface area contributed by atoms with Gasteiger partial charge in [0.2, 0.25) is 11.0 Å². The van der Waals surface area contributed by atoms with Gasteiger partial charge in [0.15, 0.2) is 11.0 Å². The first-order valence-electron chi connectivity index (χ1n) is 11.4. The maximum absolute atomic E-state index is 12.5. The minimum atomic E-state index is -0.120. The molecular weight excluding hydrogens is 456 g/mol. The Morgan fingerprint density at radius 3 is 2.73 bits per heavy atom. The smallest absolute Gasteiger partial charge is 0.236 e. The van der Waals surface area contributed by atoms with Crippen LogP contribution in [0.1, 0.15) is 66.9 Å². The highest BCUT2D eigenvalue weighted by atomic mass is 32.2. The lowest BCUT2D eigenvalue weighted by Gasteiger charge is -2.18. The second-order valence-corrected chi connectivity index (χ2v) is 10.2. The van der Waals surface area contributed by atoms with Crippen LogP contribution < -0.4 is 10.1 Å². The molecule has 0 radical (unpaired) electrons. The van der Waals surface area contributed by atoms with Gasteiger partial charge in [-0.25, -0.2) is 0 Å². The van der Waals surface area contributed by atoms with Crippen molar-refractivity contribution < 1.29 is 9.53 Å². The highest BCUT2D eigenvalue weighted by Crippen LogP contribution is 2.35. The van der Waals surface area contributed by atoms with Crippen molar-refractivity contribution in [1.29, 1.82) is 0 Å². The van der Waals surface area contributed by atoms with Gasteiger partial charge in [-0.15, -0.1) is 20.4 Å². The van der Waals surface area contributed by atoms with Gasteiger partial charge in [-0.1, -0.05) is 48.4 Å². The van der Waals surface area contributed by atoms with Gasteiger partial charge in [0.05, 0.1) is 5.75 Å². The number of hydrogen-bond acceptors (Lipinski definition) is 8. The Hall–Kier alpha value is -2.46. The van der Waals surface area contributed by atoms with E-state index in [1.165, 1.54) is 66.3 Å². The number of hydrogen-bond donors (Lipinski definition) is 1. The third kappa shape index (κ3) is 6.11. The van der Waals surface area contributed by atoms with Gasteiger partial charge in [-0.2, -0.15) is 0 Å². The summed E-state index contributed by atoms with van der Waals surface area (Å²) in [5, 5.41) is 22.2. The van der Waals surface area contributed by atoms with Crippen LogP contribution in [0.5, 0.6) is 5.75 Å². The molecule has 8 nitrogen and oxygen atoms in total. The summed E-state index contributed by atoms with van der Waals surface area (Å²) in [6, 6.07) is 6.03. The van der Waals surface area contributed by atoms with Crippen molar-refractivity contribution in [3.05, 3.63) is 40.2 Å². The fourth-order valence-electron chi connectivity index (χ4n) is 3.89. The zero-order valence-corrected chi connectivity index (χ0v) is 21.0. The maximum Gasteiger partial charge on any atom is 0.236 e. The van der Waals surface area contributed by atoms with E-state index in [-0.39, 0.29) is 11.7 Å². The summed E-state index contributed by atoms with van der Waals surface area (Å²) in [7, 11) is 0. The summed E-state index contributed by atoms with van der Waals surface area (Å²) in [5.41, 5.74) is 2.42. The van der Waals surface area contributed by atoms with E-state index < -0.39 is 0 Å². The summed E-state index contributed by atoms with van der Waals surface area (Å²) in [5.74, 6) is 2.14. The predicted molar refractivity (Wildman–Crippen MR) is 131 cm³/mol. The number of thioether (sulfide) groups is 1. The van der Waals surface area contributed by atoms with Gasteiger partial charge in [0, 0.05) is 12.5 Å². The molecule has 1 N–H and O–H groups in total. The molecule has 1 fully saturated rings. The zero-order chi connectivity index (χ0) is 23.2. The van der Waals surface area contributed by atoms with Crippen molar-refractivity contribution >= 4 is 34.1 Å². The van der Waals surface area contributed by atoms with Crippen molar-refractivity contribution in [3.63, 3.8) is 0 Å². The van der Waals surface area contributed by atoms with Crippen LogP contribution in [-0.2, 0) is 17.9 Å². The number of carbonyl (C=O) groups is 1. The number of aromatic nitrogens is 5. The van der Waals surface area contributed by atoms with Crippen molar-refractivity contribution in [2.24, 2.45) is 0 Å². The molecule has 176 valence electrons. The average Bonchev–Trinajstić information content (AvgIpc) is 3.45. The lowest BCUT2D eigenvalue weighted by Crippen LogP contribution is -2.14. The van der Waals surface area contributed by atoms with Crippen LogP contribution in [0, 0.1) is 13.8 Å². The molecule has 0 atom stereocenters. The Labute approximate surface area is 202 Å². The number of anilines is 1. The molecule has 0 bridgehead atoms. The van der Waals surface area contributed by atoms with Gasteiger partial charge in [-0.3, -0.25) is 10.1 Å². The van der Waals surface area contributed by atoms with Crippen molar-refractivity contribution in [1.82, 2.24) is 25.0 Å². The molecule has 0 saturated heterocycles. The normalized spacial score (nSPS) is 14.4. The molecule has 1 saturated carbocycles. The van der Waals surface area contributed by atoms with Crippen LogP contribution in [0.15, 0.2) is 23.4 Å². The topological polar surface area (TPSA) is 94.8 Å². The Bertz CT molecular complexity index is 1090. The highest BCUT2D eigenvalue weighted by Gasteiger charge is 2.20. The van der Waals surface area contributed by atoms with Crippen LogP contribution in [0.25, 0.3) is 0 Å². The molecule has 1 amide bonds. The van der Waals surface area contributed by atoms with Gasteiger partial charge in [0.1, 0.15) is 17.4 Å². The first-order chi connectivity index (χ1) is 16.0. The van der Waals surface area contributed by atoms with E-state index in [0.29, 0.717) is 29.4 Å². The van der Waals surface area contributed by atoms with Crippen LogP contribution in [-0.4, -0.2) is 36.6 Å². The van der Waals surface area contributed by atoms with E-state index in [2.05, 4.69) is 39.6 Å². The van der Waals surface area contributed by atoms with E-state index >= 15 is 0 Å². The molecule has 2 heterocycles. The first-order valence-corrected chi connectivity index (χ1v) is 13.2. The summed E-state index contributed by atoms with van der Waals surface area (Å²) < 4.78 is 7.89. The van der Waals surface area contributed by atoms with E-state index in [1.54, 1.807) is 0 Å². The summed E-state index contributed by atoms with van der Waals surface area (Å²) in [6.07, 6.45) is 6.13. The maximum atomic E-state index is 12.5. The van der Waals surface area contributed by atoms with Crippen LogP contribution >= 0.6 is 23.1 Å². The van der Waals surface area contributed by atoms with E-state index in [4.69, 9.17) is 4.74 Å². The number of amides is 1. The molecule has 2 aromatic heterocycles. The monoisotopic (exact) mass is 486 g/mol. The molecule has 4 rings (SSSR count). The predicted octanol–water partition coefficient (Wildman–Crippen LogP) is 5.12. The number of nitrogens with zero attached hydrogens (tertiary/aromatic N) is 5. The molecule has 1 aliphatic carbocycles. The van der Waals surface area contributed by atoms with Gasteiger partial charge < -0.3 is 9.30 Å². The Balaban J connectivity index is 1.30. The van der Waals surface area contributed by atoms with E-state index in [1.807, 2.05) is 29.7 Å². The second kappa shape index (κ2) is 11.1. The van der Waals surface area contributed by atoms with Crippen LogP contribution in [0.3, 0.4) is 0 Å². The van der Waals surface area contributed by atoms with Crippen molar-refractivity contribution in [2.75, 3.05) is 11.1 Å². The molecule has 10 heteroatoms. The zero-order valence-electron chi connectivity index (χ0n) is 19.3. The fourth-order valence-corrected chi connectivity index (χ4v) is 5.64. The quantitative estimate of drug-likeness (QED) is 0.419. The minimum absolute atomic E-state index is 0.120. The largest absolute Gasteiger partial charge is 0.486 e. The third-order valence-corrected chi connectivity index (χ3v) is 7.90. The third-order valence-electron chi connectivity index (χ3n) is 5.93. The van der Waals surface area contributed by atoms with Gasteiger partial charge in [0.25, 0.3) is 0 Å². The Morgan fingerprint density at radius 1 is 1.15 bits per heavy atom. The Morgan fingerprint density at radius 2 is 1.97 bits per heavy atom. The molecule has 33 heavy (non-hydrogen) atoms. The molecule has 0 spiro atoms. The molecule has 0 aliphatic heterocycles. The number of rotatable bonds is 9. The molecule has 1 aliphatic rings. The second-order valence-electron chi connectivity index (χ2n) is 8.30. The molecular formula is C23H30N6O2S2. The number of benzene rings is 1. The molecule has 3 aromatic rings. The van der Waals surface area contributed by atoms with E-state index in [0.717, 1.165) is 16.6 Å². The number of nitrogens with one attached hydrogen (secondary N) is 1. The van der Waals surface area contributed by atoms with Gasteiger partial charge in [-0.05, 0) is 56.9 Å². The summed E-state index contributed by atoms with van der Waals surface area (Å²) in [6.45, 7) is 7.19. The lowest BCUT2D eigenvalue weighted by molar-refractivity contribution is -0.113. The Kier molecular flexibility index (Phi) is 7.97. The van der Waals surface area contributed by atoms with Crippen LogP contribution in [0.2, 0.25) is 0 Å². The fraction of sp³-hybridized carbons (Fsp3) is 0.522. The standard InChI is InChI=1S/C23H30N6O2S2/c1-4-29-19(13-31-18-11-10-15(2)16(3)12-18)25-28-23(29)32-14-20(30)24-22-27-26-21(33-22)17-8-6-5-7-9-17/h10-12,17H,4-9,13-14H2,1-3H3,(H,24,27,30). The van der Waals surface area contributed by atoms with Crippen molar-refractivity contribution in [2.45, 2.75) is 77.1 Å². The minimum Gasteiger partial charge on any atom is -0.486 e. The highest BCUT2D eigenvalue weighted by molar-refractivity contribution is 7.99. The van der Waals surface area contributed by atoms with Gasteiger partial charge >= 0.3 is 0 Å². The van der Waals surface area contributed by atoms with Crippen molar-refractivity contribution in [3.8, 4) is 5.75 Å². The average molecular weight is 487 g/mol. The number of aryl methyl sites for hydroxylation is 2. The first kappa shape index (κ1) is 23.7. The SMILES string of the molecule is CCn1c(COc2ccc(C)c(C)c2)nnc1SCC(=O)Nc1nnc(C2CCCCC2)s1. The van der Waals surface area contributed by atoms with Crippen LogP contribution in [0.4, 0.5) is 5.13 Å².